The van der Waals surface area contributed by atoms with Crippen LogP contribution in [0.1, 0.15) is 28.9 Å². The SMILES string of the molecule is COc1ccc2cc(C(=O)NCC(=O)NCCN3CCCCC3)sc2c1. The van der Waals surface area contributed by atoms with E-state index in [0.29, 0.717) is 11.4 Å². The van der Waals surface area contributed by atoms with Crippen LogP contribution in [0, 0.1) is 0 Å². The molecule has 1 aromatic carbocycles. The van der Waals surface area contributed by atoms with E-state index in [-0.39, 0.29) is 18.4 Å². The fourth-order valence-electron chi connectivity index (χ4n) is 3.10. The Bertz CT molecular complexity index is 768. The molecule has 0 bridgehead atoms. The molecule has 0 saturated carbocycles. The Morgan fingerprint density at radius 3 is 2.73 bits per heavy atom. The Morgan fingerprint density at radius 2 is 1.96 bits per heavy atom. The van der Waals surface area contributed by atoms with Gasteiger partial charge in [-0.1, -0.05) is 6.42 Å². The van der Waals surface area contributed by atoms with Gasteiger partial charge in [0.15, 0.2) is 0 Å². The van der Waals surface area contributed by atoms with Crippen LogP contribution in [0.2, 0.25) is 0 Å². The molecule has 2 N–H and O–H groups in total. The molecule has 0 atom stereocenters. The summed E-state index contributed by atoms with van der Waals surface area (Å²) >= 11 is 1.39. The highest BCUT2D eigenvalue weighted by atomic mass is 32.1. The van der Waals surface area contributed by atoms with Gasteiger partial charge < -0.3 is 20.3 Å². The number of nitrogens with zero attached hydrogens (tertiary/aromatic N) is 1. The molecule has 3 rings (SSSR count). The summed E-state index contributed by atoms with van der Waals surface area (Å²) in [5.41, 5.74) is 0. The second-order valence-electron chi connectivity index (χ2n) is 6.45. The van der Waals surface area contributed by atoms with Crippen LogP contribution in [0.5, 0.6) is 5.75 Å². The lowest BCUT2D eigenvalue weighted by molar-refractivity contribution is -0.120. The molecule has 0 spiro atoms. The molecule has 0 unspecified atom stereocenters. The molecule has 1 saturated heterocycles. The van der Waals surface area contributed by atoms with Gasteiger partial charge in [0.1, 0.15) is 5.75 Å². The van der Waals surface area contributed by atoms with E-state index in [0.717, 1.165) is 35.5 Å². The van der Waals surface area contributed by atoms with E-state index in [1.54, 1.807) is 7.11 Å². The minimum absolute atomic E-state index is 0.00357. The highest BCUT2D eigenvalue weighted by molar-refractivity contribution is 7.20. The van der Waals surface area contributed by atoms with Crippen LogP contribution in [-0.2, 0) is 4.79 Å². The lowest BCUT2D eigenvalue weighted by Crippen LogP contribution is -2.41. The molecule has 7 heteroatoms. The first kappa shape index (κ1) is 18.7. The van der Waals surface area contributed by atoms with Crippen molar-refractivity contribution in [3.8, 4) is 5.75 Å². The summed E-state index contributed by atoms with van der Waals surface area (Å²) in [6.45, 7) is 3.72. The monoisotopic (exact) mass is 375 g/mol. The standard InChI is InChI=1S/C19H25N3O3S/c1-25-15-6-5-14-11-17(26-16(14)12-15)19(24)21-13-18(23)20-7-10-22-8-3-2-4-9-22/h5-6,11-12H,2-4,7-10,13H2,1H3,(H,20,23)(H,21,24). The van der Waals surface area contributed by atoms with Crippen LogP contribution in [0.4, 0.5) is 0 Å². The number of amides is 2. The van der Waals surface area contributed by atoms with Crippen molar-refractivity contribution in [2.24, 2.45) is 0 Å². The summed E-state index contributed by atoms with van der Waals surface area (Å²) < 4.78 is 6.19. The van der Waals surface area contributed by atoms with Crippen molar-refractivity contribution in [1.82, 2.24) is 15.5 Å². The first-order valence-corrected chi connectivity index (χ1v) is 9.82. The van der Waals surface area contributed by atoms with E-state index >= 15 is 0 Å². The van der Waals surface area contributed by atoms with E-state index in [2.05, 4.69) is 15.5 Å². The maximum Gasteiger partial charge on any atom is 0.261 e. The highest BCUT2D eigenvalue weighted by Gasteiger charge is 2.13. The van der Waals surface area contributed by atoms with Crippen LogP contribution in [0.15, 0.2) is 24.3 Å². The third kappa shape index (κ3) is 4.95. The number of nitrogens with one attached hydrogen (secondary N) is 2. The summed E-state index contributed by atoms with van der Waals surface area (Å²) in [5.74, 6) is 0.383. The maximum absolute atomic E-state index is 12.3. The van der Waals surface area contributed by atoms with E-state index in [1.165, 1.54) is 30.6 Å². The van der Waals surface area contributed by atoms with Crippen molar-refractivity contribution >= 4 is 33.2 Å². The fraction of sp³-hybridized carbons (Fsp3) is 0.474. The van der Waals surface area contributed by atoms with Gasteiger partial charge in [-0.3, -0.25) is 9.59 Å². The largest absolute Gasteiger partial charge is 0.497 e. The Hall–Kier alpha value is -2.12. The van der Waals surface area contributed by atoms with Gasteiger partial charge in [0.05, 0.1) is 18.5 Å². The number of hydrogen-bond donors (Lipinski definition) is 2. The average molecular weight is 375 g/mol. The van der Waals surface area contributed by atoms with E-state index in [1.807, 2.05) is 24.3 Å². The van der Waals surface area contributed by atoms with Crippen LogP contribution in [-0.4, -0.2) is 56.5 Å². The minimum Gasteiger partial charge on any atom is -0.497 e. The molecule has 0 aliphatic carbocycles. The van der Waals surface area contributed by atoms with Crippen molar-refractivity contribution < 1.29 is 14.3 Å². The lowest BCUT2D eigenvalue weighted by atomic mass is 10.1. The Kier molecular flexibility index (Phi) is 6.46. The zero-order valence-corrected chi connectivity index (χ0v) is 15.9. The maximum atomic E-state index is 12.3. The fourth-order valence-corrected chi connectivity index (χ4v) is 4.10. The second kappa shape index (κ2) is 9.00. The van der Waals surface area contributed by atoms with E-state index < -0.39 is 0 Å². The number of carbonyl (C=O) groups is 2. The molecule has 2 heterocycles. The van der Waals surface area contributed by atoms with Crippen molar-refractivity contribution in [2.75, 3.05) is 39.8 Å². The third-order valence-corrected chi connectivity index (χ3v) is 5.66. The van der Waals surface area contributed by atoms with Crippen molar-refractivity contribution in [2.45, 2.75) is 19.3 Å². The zero-order chi connectivity index (χ0) is 18.4. The molecule has 1 aliphatic rings. The molecule has 2 amide bonds. The van der Waals surface area contributed by atoms with E-state index in [9.17, 15) is 9.59 Å². The molecule has 1 aliphatic heterocycles. The number of piperidine rings is 1. The number of thiophene rings is 1. The molecule has 6 nitrogen and oxygen atoms in total. The minimum atomic E-state index is -0.226. The summed E-state index contributed by atoms with van der Waals surface area (Å²) in [6, 6.07) is 7.54. The molecule has 1 fully saturated rings. The highest BCUT2D eigenvalue weighted by Crippen LogP contribution is 2.29. The number of hydrogen-bond acceptors (Lipinski definition) is 5. The second-order valence-corrected chi connectivity index (χ2v) is 7.53. The smallest absolute Gasteiger partial charge is 0.261 e. The molecule has 1 aromatic heterocycles. The zero-order valence-electron chi connectivity index (χ0n) is 15.0. The third-order valence-electron chi connectivity index (χ3n) is 4.56. The molecule has 140 valence electrons. The van der Waals surface area contributed by atoms with Crippen LogP contribution < -0.4 is 15.4 Å². The van der Waals surface area contributed by atoms with Gasteiger partial charge in [-0.25, -0.2) is 0 Å². The number of ether oxygens (including phenoxy) is 1. The van der Waals surface area contributed by atoms with Gasteiger partial charge in [-0.15, -0.1) is 11.3 Å². The van der Waals surface area contributed by atoms with Gasteiger partial charge in [0.25, 0.3) is 5.91 Å². The van der Waals surface area contributed by atoms with Gasteiger partial charge in [0, 0.05) is 17.8 Å². The van der Waals surface area contributed by atoms with Crippen LogP contribution in [0.25, 0.3) is 10.1 Å². The number of rotatable bonds is 7. The Labute approximate surface area is 157 Å². The number of fused-ring (bicyclic) bond motifs is 1. The number of benzene rings is 1. The number of carbonyl (C=O) groups excluding carboxylic acids is 2. The number of methoxy groups -OCH3 is 1. The number of likely N-dealkylation sites (tertiary alicyclic amines) is 1. The Morgan fingerprint density at radius 1 is 1.15 bits per heavy atom. The molecule has 2 aromatic rings. The first-order chi connectivity index (χ1) is 12.7. The van der Waals surface area contributed by atoms with Gasteiger partial charge in [-0.2, -0.15) is 0 Å². The predicted octanol–water partition coefficient (Wildman–Crippen LogP) is 2.24. The first-order valence-electron chi connectivity index (χ1n) is 9.00. The van der Waals surface area contributed by atoms with Crippen molar-refractivity contribution in [3.63, 3.8) is 0 Å². The quantitative estimate of drug-likeness (QED) is 0.779. The van der Waals surface area contributed by atoms with Crippen molar-refractivity contribution in [1.29, 1.82) is 0 Å². The van der Waals surface area contributed by atoms with Crippen molar-refractivity contribution in [3.05, 3.63) is 29.1 Å². The molecular weight excluding hydrogens is 350 g/mol. The lowest BCUT2D eigenvalue weighted by Gasteiger charge is -2.26. The molecular formula is C19H25N3O3S. The molecule has 0 radical (unpaired) electrons. The average Bonchev–Trinajstić information content (AvgIpc) is 3.10. The normalized spacial score (nSPS) is 15.0. The summed E-state index contributed by atoms with van der Waals surface area (Å²) in [6.07, 6.45) is 3.79. The topological polar surface area (TPSA) is 70.7 Å². The van der Waals surface area contributed by atoms with Crippen LogP contribution >= 0.6 is 11.3 Å². The van der Waals surface area contributed by atoms with Crippen LogP contribution in [0.3, 0.4) is 0 Å². The summed E-state index contributed by atoms with van der Waals surface area (Å²) in [7, 11) is 1.62. The Balaban J connectivity index is 1.43. The van der Waals surface area contributed by atoms with Gasteiger partial charge in [0.2, 0.25) is 5.91 Å². The summed E-state index contributed by atoms with van der Waals surface area (Å²) in [4.78, 5) is 27.2. The summed E-state index contributed by atoms with van der Waals surface area (Å²) in [5, 5.41) is 6.55. The van der Waals surface area contributed by atoms with Gasteiger partial charge in [-0.05, 0) is 55.6 Å². The predicted molar refractivity (Wildman–Crippen MR) is 104 cm³/mol. The van der Waals surface area contributed by atoms with E-state index in [4.69, 9.17) is 4.74 Å². The molecule has 26 heavy (non-hydrogen) atoms. The van der Waals surface area contributed by atoms with Gasteiger partial charge >= 0.3 is 0 Å².